The van der Waals surface area contributed by atoms with Crippen molar-refractivity contribution >= 4 is 41.6 Å². The van der Waals surface area contributed by atoms with Gasteiger partial charge in [0.15, 0.2) is 0 Å². The van der Waals surface area contributed by atoms with Gasteiger partial charge in [0.25, 0.3) is 0 Å². The van der Waals surface area contributed by atoms with Gasteiger partial charge in [0, 0.05) is 36.4 Å². The number of amides is 1. The van der Waals surface area contributed by atoms with Crippen LogP contribution in [0.25, 0.3) is 0 Å². The molecule has 1 aromatic carbocycles. The number of anilines is 1. The maximum absolute atomic E-state index is 12.8. The van der Waals surface area contributed by atoms with Gasteiger partial charge < -0.3 is 10.0 Å². The Morgan fingerprint density at radius 3 is 2.58 bits per heavy atom. The van der Waals surface area contributed by atoms with E-state index >= 15 is 0 Å². The van der Waals surface area contributed by atoms with Crippen LogP contribution in [0.1, 0.15) is 19.3 Å². The van der Waals surface area contributed by atoms with E-state index in [1.165, 1.54) is 0 Å². The molecule has 3 rings (SSSR count). The Balaban J connectivity index is 0.00000243. The number of hydrogen-bond acceptors (Lipinski definition) is 4. The van der Waals surface area contributed by atoms with Gasteiger partial charge in [-0.1, -0.05) is 17.7 Å². The predicted molar refractivity (Wildman–Crippen MR) is 104 cm³/mol. The number of piperidine rings is 1. The topological polar surface area (TPSA) is 64.1 Å². The highest BCUT2D eigenvalue weighted by Gasteiger charge is 2.38. The number of aliphatic carboxylic acids is 1. The monoisotopic (exact) mass is 401 g/mol. The number of nitrogens with zero attached hydrogens (tertiary/aromatic N) is 3. The number of carbonyl (C=O) groups excluding carboxylic acids is 1. The van der Waals surface area contributed by atoms with Gasteiger partial charge in [-0.15, -0.1) is 12.4 Å². The van der Waals surface area contributed by atoms with E-state index in [0.29, 0.717) is 11.6 Å². The molecule has 1 aromatic rings. The molecule has 2 saturated heterocycles. The summed E-state index contributed by atoms with van der Waals surface area (Å²) in [5.41, 5.74) is 0.857. The minimum absolute atomic E-state index is 0. The lowest BCUT2D eigenvalue weighted by Crippen LogP contribution is -2.50. The zero-order valence-corrected chi connectivity index (χ0v) is 16.4. The van der Waals surface area contributed by atoms with E-state index in [1.54, 1.807) is 0 Å². The average molecular weight is 402 g/mol. The van der Waals surface area contributed by atoms with E-state index in [2.05, 4.69) is 4.90 Å². The number of halogens is 2. The molecule has 1 N–H and O–H groups in total. The molecule has 1 atom stereocenters. The van der Waals surface area contributed by atoms with Gasteiger partial charge in [0.1, 0.15) is 0 Å². The molecule has 0 aliphatic carbocycles. The molecule has 1 amide bonds. The molecule has 0 saturated carbocycles. The number of likely N-dealkylation sites (N-methyl/N-ethyl adjacent to an activating group) is 1. The molecule has 2 fully saturated rings. The van der Waals surface area contributed by atoms with Crippen molar-refractivity contribution in [2.45, 2.75) is 31.3 Å². The predicted octanol–water partition coefficient (Wildman–Crippen LogP) is 2.35. The number of likely N-dealkylation sites (tertiary alicyclic amines) is 1. The second-order valence-corrected chi connectivity index (χ2v) is 7.29. The van der Waals surface area contributed by atoms with Crippen LogP contribution in [-0.4, -0.2) is 72.1 Å². The summed E-state index contributed by atoms with van der Waals surface area (Å²) in [5.74, 6) is -0.660. The molecule has 144 valence electrons. The molecule has 1 unspecified atom stereocenters. The second-order valence-electron chi connectivity index (χ2n) is 6.85. The summed E-state index contributed by atoms with van der Waals surface area (Å²) in [6, 6.07) is 7.61. The van der Waals surface area contributed by atoms with Gasteiger partial charge in [-0.05, 0) is 44.5 Å². The van der Waals surface area contributed by atoms with Crippen molar-refractivity contribution in [2.75, 3.05) is 38.1 Å². The van der Waals surface area contributed by atoms with E-state index in [0.717, 1.165) is 38.0 Å². The van der Waals surface area contributed by atoms with Crippen molar-refractivity contribution in [2.24, 2.45) is 0 Å². The van der Waals surface area contributed by atoms with Gasteiger partial charge in [-0.2, -0.15) is 0 Å². The first-order valence-corrected chi connectivity index (χ1v) is 9.06. The minimum atomic E-state index is -0.798. The van der Waals surface area contributed by atoms with Crippen molar-refractivity contribution < 1.29 is 14.7 Å². The van der Waals surface area contributed by atoms with Crippen LogP contribution >= 0.6 is 24.0 Å². The maximum Gasteiger partial charge on any atom is 0.317 e. The molecule has 0 bridgehead atoms. The number of carbonyl (C=O) groups is 2. The van der Waals surface area contributed by atoms with Crippen LogP contribution in [0.3, 0.4) is 0 Å². The molecular formula is C18H25Cl2N3O3. The standard InChI is InChI=1S/C18H24ClN3O3.ClH/c1-20(12-17(23)24)14-5-8-21(9-6-14)16-7-10-22(18(16)25)15-4-2-3-13(19)11-15;/h2-4,11,14,16H,5-10,12H2,1H3,(H,23,24);1H. The molecule has 26 heavy (non-hydrogen) atoms. The fourth-order valence-corrected chi connectivity index (χ4v) is 4.07. The zero-order chi connectivity index (χ0) is 18.0. The van der Waals surface area contributed by atoms with Crippen LogP contribution in [-0.2, 0) is 9.59 Å². The summed E-state index contributed by atoms with van der Waals surface area (Å²) < 4.78 is 0. The van der Waals surface area contributed by atoms with Gasteiger partial charge in [0.05, 0.1) is 12.6 Å². The summed E-state index contributed by atoms with van der Waals surface area (Å²) >= 11 is 6.04. The largest absolute Gasteiger partial charge is 0.480 e. The number of hydrogen-bond donors (Lipinski definition) is 1. The Morgan fingerprint density at radius 2 is 1.96 bits per heavy atom. The summed E-state index contributed by atoms with van der Waals surface area (Å²) in [7, 11) is 1.86. The molecule has 0 spiro atoms. The Kier molecular flexibility index (Phi) is 7.29. The van der Waals surface area contributed by atoms with Crippen LogP contribution in [0, 0.1) is 0 Å². The lowest BCUT2D eigenvalue weighted by Gasteiger charge is -2.38. The highest BCUT2D eigenvalue weighted by atomic mass is 35.5. The number of rotatable bonds is 5. The van der Waals surface area contributed by atoms with Crippen molar-refractivity contribution in [1.29, 1.82) is 0 Å². The maximum atomic E-state index is 12.8. The molecule has 0 aromatic heterocycles. The smallest absolute Gasteiger partial charge is 0.317 e. The van der Waals surface area contributed by atoms with Gasteiger partial charge in [-0.25, -0.2) is 0 Å². The summed E-state index contributed by atoms with van der Waals surface area (Å²) in [5, 5.41) is 9.55. The first-order valence-electron chi connectivity index (χ1n) is 8.68. The first kappa shape index (κ1) is 21.0. The Labute approximate surface area is 165 Å². The van der Waals surface area contributed by atoms with Crippen LogP contribution in [0.4, 0.5) is 5.69 Å². The molecule has 2 heterocycles. The third-order valence-corrected chi connectivity index (χ3v) is 5.48. The highest BCUT2D eigenvalue weighted by molar-refractivity contribution is 6.31. The number of carboxylic acids is 1. The van der Waals surface area contributed by atoms with Crippen LogP contribution in [0.5, 0.6) is 0 Å². The number of carboxylic acid groups (broad SMARTS) is 1. The summed E-state index contributed by atoms with van der Waals surface area (Å²) in [4.78, 5) is 29.6. The highest BCUT2D eigenvalue weighted by Crippen LogP contribution is 2.28. The summed E-state index contributed by atoms with van der Waals surface area (Å²) in [6.07, 6.45) is 2.61. The zero-order valence-electron chi connectivity index (χ0n) is 14.8. The SMILES string of the molecule is CN(CC(=O)O)C1CCN(C2CCN(c3cccc(Cl)c3)C2=O)CC1.Cl. The van der Waals surface area contributed by atoms with Gasteiger partial charge in [0.2, 0.25) is 5.91 Å². The van der Waals surface area contributed by atoms with Crippen molar-refractivity contribution in [1.82, 2.24) is 9.80 Å². The minimum Gasteiger partial charge on any atom is -0.480 e. The van der Waals surface area contributed by atoms with Gasteiger partial charge >= 0.3 is 5.97 Å². The molecule has 2 aliphatic rings. The van der Waals surface area contributed by atoms with Crippen LogP contribution < -0.4 is 4.90 Å². The third kappa shape index (κ3) is 4.68. The molecule has 8 heteroatoms. The molecule has 0 radical (unpaired) electrons. The lowest BCUT2D eigenvalue weighted by molar-refractivity contribution is -0.138. The summed E-state index contributed by atoms with van der Waals surface area (Å²) in [6.45, 7) is 2.43. The van der Waals surface area contributed by atoms with Crippen molar-refractivity contribution in [3.8, 4) is 0 Å². The van der Waals surface area contributed by atoms with E-state index in [9.17, 15) is 9.59 Å². The van der Waals surface area contributed by atoms with Crippen LogP contribution in [0.2, 0.25) is 5.02 Å². The second kappa shape index (κ2) is 9.04. The first-order chi connectivity index (χ1) is 12.0. The van der Waals surface area contributed by atoms with Crippen LogP contribution in [0.15, 0.2) is 24.3 Å². The number of benzene rings is 1. The quantitative estimate of drug-likeness (QED) is 0.819. The average Bonchev–Trinajstić information content (AvgIpc) is 2.96. The fraction of sp³-hybridized carbons (Fsp3) is 0.556. The molecular weight excluding hydrogens is 377 g/mol. The fourth-order valence-electron chi connectivity index (χ4n) is 3.88. The third-order valence-electron chi connectivity index (χ3n) is 5.24. The van der Waals surface area contributed by atoms with E-state index in [-0.39, 0.29) is 36.9 Å². The van der Waals surface area contributed by atoms with E-state index in [4.69, 9.17) is 16.7 Å². The molecule has 6 nitrogen and oxygen atoms in total. The van der Waals surface area contributed by atoms with Crippen molar-refractivity contribution in [3.63, 3.8) is 0 Å². The normalized spacial score (nSPS) is 21.9. The van der Waals surface area contributed by atoms with Gasteiger partial charge in [-0.3, -0.25) is 19.4 Å². The lowest BCUT2D eigenvalue weighted by atomic mass is 10.0. The Hall–Kier alpha value is -1.34. The Bertz CT molecular complexity index is 650. The van der Waals surface area contributed by atoms with E-state index in [1.807, 2.05) is 41.1 Å². The van der Waals surface area contributed by atoms with Crippen molar-refractivity contribution in [3.05, 3.63) is 29.3 Å². The molecule has 2 aliphatic heterocycles. The van der Waals surface area contributed by atoms with E-state index < -0.39 is 5.97 Å². The Morgan fingerprint density at radius 1 is 1.27 bits per heavy atom.